The summed E-state index contributed by atoms with van der Waals surface area (Å²) in [6.45, 7) is 9.85. The first-order chi connectivity index (χ1) is 25.4. The van der Waals surface area contributed by atoms with E-state index in [9.17, 15) is 23.2 Å². The molecule has 1 fully saturated rings. The molecular formula is C37H44F2N6O6S2. The molecule has 1 unspecified atom stereocenters. The fraction of sp³-hybridized carbons (Fsp3) is 0.432. The predicted octanol–water partition coefficient (Wildman–Crippen LogP) is 6.40. The third-order valence-electron chi connectivity index (χ3n) is 8.10. The van der Waals surface area contributed by atoms with E-state index in [1.54, 1.807) is 43.0 Å². The molecule has 1 aliphatic heterocycles. The summed E-state index contributed by atoms with van der Waals surface area (Å²) in [5.74, 6) is -3.45. The molecule has 1 saturated heterocycles. The van der Waals surface area contributed by atoms with Gasteiger partial charge in [0.05, 0.1) is 47.5 Å². The third-order valence-corrected chi connectivity index (χ3v) is 9.98. The van der Waals surface area contributed by atoms with Crippen LogP contribution in [0.15, 0.2) is 47.3 Å². The smallest absolute Gasteiger partial charge is 0.408 e. The van der Waals surface area contributed by atoms with Crippen LogP contribution in [-0.4, -0.2) is 79.5 Å². The molecular weight excluding hydrogens is 727 g/mol. The highest BCUT2D eigenvalue weighted by molar-refractivity contribution is 7.14. The van der Waals surface area contributed by atoms with Crippen LogP contribution in [0.5, 0.6) is 5.75 Å². The van der Waals surface area contributed by atoms with E-state index >= 15 is 0 Å². The van der Waals surface area contributed by atoms with Crippen LogP contribution in [0.3, 0.4) is 0 Å². The van der Waals surface area contributed by atoms with Crippen molar-refractivity contribution < 1.29 is 37.4 Å². The van der Waals surface area contributed by atoms with Gasteiger partial charge in [-0.3, -0.25) is 9.59 Å². The molecule has 53 heavy (non-hydrogen) atoms. The Bertz CT molecular complexity index is 1860. The van der Waals surface area contributed by atoms with Gasteiger partial charge in [-0.1, -0.05) is 24.3 Å². The van der Waals surface area contributed by atoms with Crippen molar-refractivity contribution in [3.05, 3.63) is 70.2 Å². The van der Waals surface area contributed by atoms with Crippen molar-refractivity contribution in [2.45, 2.75) is 58.6 Å². The summed E-state index contributed by atoms with van der Waals surface area (Å²) in [4.78, 5) is 50.1. The van der Waals surface area contributed by atoms with Gasteiger partial charge in [0.2, 0.25) is 11.7 Å². The van der Waals surface area contributed by atoms with Crippen molar-refractivity contribution in [1.82, 2.24) is 25.9 Å². The summed E-state index contributed by atoms with van der Waals surface area (Å²) in [6, 6.07) is 9.38. The van der Waals surface area contributed by atoms with Crippen LogP contribution in [0.4, 0.5) is 18.7 Å². The summed E-state index contributed by atoms with van der Waals surface area (Å²) in [6.07, 6.45) is 0.445. The van der Waals surface area contributed by atoms with Crippen LogP contribution < -0.4 is 25.6 Å². The number of amides is 3. The normalized spacial score (nSPS) is 13.7. The van der Waals surface area contributed by atoms with E-state index in [2.05, 4.69) is 30.8 Å². The first-order valence-corrected chi connectivity index (χ1v) is 19.1. The zero-order valence-electron chi connectivity index (χ0n) is 30.1. The molecule has 1 atom stereocenters. The average molecular weight is 771 g/mol. The quantitative estimate of drug-likeness (QED) is 0.117. The Morgan fingerprint density at radius 2 is 1.68 bits per heavy atom. The van der Waals surface area contributed by atoms with Crippen molar-refractivity contribution in [2.24, 2.45) is 0 Å². The molecule has 0 radical (unpaired) electrons. The van der Waals surface area contributed by atoms with Crippen LogP contribution in [-0.2, 0) is 19.1 Å². The molecule has 3 heterocycles. The molecule has 0 spiro atoms. The zero-order valence-corrected chi connectivity index (χ0v) is 31.8. The fourth-order valence-corrected chi connectivity index (χ4v) is 7.15. The van der Waals surface area contributed by atoms with E-state index in [-0.39, 0.29) is 30.2 Å². The minimum atomic E-state index is -1.20. The van der Waals surface area contributed by atoms with Crippen LogP contribution in [0.2, 0.25) is 0 Å². The molecule has 5 rings (SSSR count). The number of carbonyl (C=O) groups is 3. The van der Waals surface area contributed by atoms with Crippen molar-refractivity contribution >= 4 is 45.7 Å². The number of unbranched alkanes of at least 4 members (excludes halogenated alkanes) is 1. The number of hydrogen-bond acceptors (Lipinski definition) is 11. The van der Waals surface area contributed by atoms with E-state index in [1.807, 2.05) is 31.2 Å². The minimum absolute atomic E-state index is 0.0136. The number of aromatic nitrogens is 2. The van der Waals surface area contributed by atoms with Gasteiger partial charge in [0.15, 0.2) is 23.3 Å². The number of nitrogens with one attached hydrogen (secondary N) is 3. The number of aryl methyl sites for hydroxylation is 1. The predicted molar refractivity (Wildman–Crippen MR) is 200 cm³/mol. The highest BCUT2D eigenvalue weighted by atomic mass is 32.1. The molecule has 0 bridgehead atoms. The molecule has 12 nitrogen and oxygen atoms in total. The van der Waals surface area contributed by atoms with Gasteiger partial charge in [0, 0.05) is 37.1 Å². The number of anilines is 1. The van der Waals surface area contributed by atoms with Gasteiger partial charge >= 0.3 is 6.09 Å². The van der Waals surface area contributed by atoms with E-state index in [4.69, 9.17) is 14.2 Å². The van der Waals surface area contributed by atoms with Gasteiger partial charge in [-0.05, 0) is 63.8 Å². The van der Waals surface area contributed by atoms with Crippen molar-refractivity contribution in [1.29, 1.82) is 0 Å². The maximum atomic E-state index is 14.9. The maximum Gasteiger partial charge on any atom is 0.408 e. The van der Waals surface area contributed by atoms with Gasteiger partial charge in [0.25, 0.3) is 5.91 Å². The van der Waals surface area contributed by atoms with E-state index in [0.29, 0.717) is 51.4 Å². The van der Waals surface area contributed by atoms with E-state index in [1.165, 1.54) is 17.4 Å². The van der Waals surface area contributed by atoms with Gasteiger partial charge in [0.1, 0.15) is 5.60 Å². The lowest BCUT2D eigenvalue weighted by atomic mass is 10.0. The van der Waals surface area contributed by atoms with Gasteiger partial charge < -0.3 is 35.1 Å². The Kier molecular flexibility index (Phi) is 13.7. The lowest BCUT2D eigenvalue weighted by molar-refractivity contribution is -0.123. The number of nitrogens with zero attached hydrogens (tertiary/aromatic N) is 3. The summed E-state index contributed by atoms with van der Waals surface area (Å²) in [5, 5.41) is 10.9. The number of alkyl carbamates (subject to hydrolysis) is 1. The highest BCUT2D eigenvalue weighted by Gasteiger charge is 2.24. The lowest BCUT2D eigenvalue weighted by Gasteiger charge is -2.26. The second kappa shape index (κ2) is 18.4. The number of hydrogen-bond donors (Lipinski definition) is 3. The second-order valence-corrected chi connectivity index (χ2v) is 15.0. The third kappa shape index (κ3) is 11.4. The lowest BCUT2D eigenvalue weighted by Crippen LogP contribution is -2.37. The molecule has 4 aromatic rings. The number of morpholine rings is 1. The van der Waals surface area contributed by atoms with Crippen LogP contribution in [0, 0.1) is 18.6 Å². The fourth-order valence-electron chi connectivity index (χ4n) is 5.46. The molecule has 2 aromatic heterocycles. The molecule has 3 amide bonds. The van der Waals surface area contributed by atoms with Crippen molar-refractivity contribution in [2.75, 3.05) is 50.9 Å². The molecule has 2 aromatic carbocycles. The summed E-state index contributed by atoms with van der Waals surface area (Å²) < 4.78 is 45.3. The average Bonchev–Trinajstić information content (AvgIpc) is 3.79. The Labute approximate surface area is 315 Å². The molecule has 3 N–H and O–H groups in total. The topological polar surface area (TPSA) is 144 Å². The number of benzene rings is 2. The second-order valence-electron chi connectivity index (χ2n) is 13.3. The van der Waals surface area contributed by atoms with Gasteiger partial charge in [-0.15, -0.1) is 22.7 Å². The van der Waals surface area contributed by atoms with Gasteiger partial charge in [-0.2, -0.15) is 4.39 Å². The Balaban J connectivity index is 1.07. The summed E-state index contributed by atoms with van der Waals surface area (Å²) >= 11 is 2.92. The van der Waals surface area contributed by atoms with E-state index < -0.39 is 41.9 Å². The summed E-state index contributed by atoms with van der Waals surface area (Å²) in [5.41, 5.74) is 4.41. The van der Waals surface area contributed by atoms with Crippen LogP contribution in [0.1, 0.15) is 57.3 Å². The number of rotatable bonds is 15. The largest absolute Gasteiger partial charge is 0.480 e. The Morgan fingerprint density at radius 3 is 2.34 bits per heavy atom. The number of ether oxygens (including phenoxy) is 3. The molecule has 16 heteroatoms. The molecule has 284 valence electrons. The number of thiazole rings is 2. The Hall–Kier alpha value is -4.67. The van der Waals surface area contributed by atoms with Crippen molar-refractivity contribution in [3.63, 3.8) is 0 Å². The highest BCUT2D eigenvalue weighted by Crippen LogP contribution is 2.36. The van der Waals surface area contributed by atoms with E-state index in [0.717, 1.165) is 32.9 Å². The first-order valence-electron chi connectivity index (χ1n) is 17.3. The number of carbonyl (C=O) groups excluding carboxylic acids is 3. The standard InChI is InChI=1S/C37H44F2N6O6S2/c1-23-34(53-22-42-23)25-9-7-24(8-10-25)28(44-36(48)51-37(2,3)4)19-30(46)40-13-5-6-14-41-31(47)20-50-33-26(11-12-27(38)32(33)39)29-21-52-35(43-29)45-15-17-49-18-16-45/h7-12,21-22,28H,5-6,13-20H2,1-4H3,(H,40,46)(H,41,47)(H,44,48). The van der Waals surface area contributed by atoms with Crippen LogP contribution in [0.25, 0.3) is 21.7 Å². The van der Waals surface area contributed by atoms with Crippen molar-refractivity contribution in [3.8, 4) is 27.4 Å². The Morgan fingerprint density at radius 1 is 0.981 bits per heavy atom. The monoisotopic (exact) mass is 770 g/mol. The molecule has 0 aliphatic carbocycles. The number of halogens is 2. The SMILES string of the molecule is Cc1ncsc1-c1ccc(C(CC(=O)NCCCCNC(=O)COc2c(-c3csc(N4CCOCC4)n3)ccc(F)c2F)NC(=O)OC(C)(C)C)cc1. The zero-order chi connectivity index (χ0) is 38.0. The van der Waals surface area contributed by atoms with Gasteiger partial charge in [-0.25, -0.2) is 19.2 Å². The van der Waals surface area contributed by atoms with Crippen LogP contribution >= 0.6 is 22.7 Å². The summed E-state index contributed by atoms with van der Waals surface area (Å²) in [7, 11) is 0. The minimum Gasteiger partial charge on any atom is -0.480 e. The maximum absolute atomic E-state index is 14.9. The first kappa shape index (κ1) is 39.5. The molecule has 0 saturated carbocycles. The molecule has 1 aliphatic rings.